The van der Waals surface area contributed by atoms with Crippen LogP contribution in [0.4, 0.5) is 5.69 Å². The summed E-state index contributed by atoms with van der Waals surface area (Å²) in [5.74, 6) is 0.363. The number of nitrogens with two attached hydrogens (primary N) is 1. The molecule has 2 aliphatic rings. The van der Waals surface area contributed by atoms with Crippen LogP contribution in [0.5, 0.6) is 0 Å². The molecular weight excluding hydrogens is 288 g/mol. The van der Waals surface area contributed by atoms with Crippen molar-refractivity contribution in [1.82, 2.24) is 15.2 Å². The molecule has 2 fully saturated rings. The van der Waals surface area contributed by atoms with Crippen molar-refractivity contribution in [2.45, 2.75) is 37.8 Å². The number of hydrogen-bond donors (Lipinski definition) is 2. The van der Waals surface area contributed by atoms with Crippen LogP contribution in [0.1, 0.15) is 36.0 Å². The Hall–Kier alpha value is -1.33. The first-order chi connectivity index (χ1) is 10.0. The molecule has 6 heteroatoms. The molecule has 0 saturated carbocycles. The van der Waals surface area contributed by atoms with Gasteiger partial charge in [-0.05, 0) is 44.7 Å². The first-order valence-electron chi connectivity index (χ1n) is 7.45. The number of rotatable bonds is 3. The summed E-state index contributed by atoms with van der Waals surface area (Å²) in [6.45, 7) is 0.699. The SMILES string of the molecule is CN1C2CCC1CC(CNC(=O)c1cc(N)cnc1Cl)C2. The van der Waals surface area contributed by atoms with Crippen molar-refractivity contribution in [2.24, 2.45) is 5.92 Å². The number of nitrogens with zero attached hydrogens (tertiary/aromatic N) is 2. The van der Waals surface area contributed by atoms with Crippen LogP contribution in [0.15, 0.2) is 12.3 Å². The van der Waals surface area contributed by atoms with Gasteiger partial charge in [0, 0.05) is 18.6 Å². The van der Waals surface area contributed by atoms with Gasteiger partial charge in [0.2, 0.25) is 0 Å². The molecule has 114 valence electrons. The van der Waals surface area contributed by atoms with Gasteiger partial charge < -0.3 is 16.0 Å². The lowest BCUT2D eigenvalue weighted by Crippen LogP contribution is -2.43. The Balaban J connectivity index is 1.58. The molecule has 3 heterocycles. The van der Waals surface area contributed by atoms with E-state index in [-0.39, 0.29) is 11.1 Å². The third-order valence-electron chi connectivity index (χ3n) is 4.85. The number of nitrogens with one attached hydrogen (secondary N) is 1. The zero-order valence-corrected chi connectivity index (χ0v) is 12.9. The van der Waals surface area contributed by atoms with E-state index in [0.717, 1.165) is 12.8 Å². The summed E-state index contributed by atoms with van der Waals surface area (Å²) in [6, 6.07) is 2.94. The summed E-state index contributed by atoms with van der Waals surface area (Å²) < 4.78 is 0. The molecule has 2 atom stereocenters. The first kappa shape index (κ1) is 14.6. The predicted molar refractivity (Wildman–Crippen MR) is 83.3 cm³/mol. The minimum Gasteiger partial charge on any atom is -0.397 e. The first-order valence-corrected chi connectivity index (χ1v) is 7.83. The molecule has 2 saturated heterocycles. The number of piperidine rings is 1. The van der Waals surface area contributed by atoms with Crippen molar-refractivity contribution in [3.8, 4) is 0 Å². The third kappa shape index (κ3) is 2.99. The Bertz CT molecular complexity index is 536. The fourth-order valence-corrected chi connectivity index (χ4v) is 3.84. The molecule has 2 unspecified atom stereocenters. The van der Waals surface area contributed by atoms with Crippen LogP contribution in [0, 0.1) is 5.92 Å². The molecular formula is C15H21ClN4O. The molecule has 0 spiro atoms. The summed E-state index contributed by atoms with van der Waals surface area (Å²) >= 11 is 5.95. The number of amides is 1. The topological polar surface area (TPSA) is 71.2 Å². The van der Waals surface area contributed by atoms with Gasteiger partial charge in [-0.25, -0.2) is 4.98 Å². The van der Waals surface area contributed by atoms with Gasteiger partial charge in [0.05, 0.1) is 17.4 Å². The number of anilines is 1. The largest absolute Gasteiger partial charge is 0.397 e. The Labute approximate surface area is 129 Å². The molecule has 0 aliphatic carbocycles. The van der Waals surface area contributed by atoms with Crippen molar-refractivity contribution in [1.29, 1.82) is 0 Å². The van der Waals surface area contributed by atoms with Gasteiger partial charge in [-0.1, -0.05) is 11.6 Å². The van der Waals surface area contributed by atoms with Crippen molar-refractivity contribution in [3.05, 3.63) is 23.0 Å². The van der Waals surface area contributed by atoms with Crippen LogP contribution in [-0.2, 0) is 0 Å². The maximum Gasteiger partial charge on any atom is 0.254 e. The van der Waals surface area contributed by atoms with E-state index in [0.29, 0.717) is 35.8 Å². The van der Waals surface area contributed by atoms with E-state index in [9.17, 15) is 4.79 Å². The molecule has 21 heavy (non-hydrogen) atoms. The lowest BCUT2D eigenvalue weighted by Gasteiger charge is -2.36. The fourth-order valence-electron chi connectivity index (χ4n) is 3.65. The summed E-state index contributed by atoms with van der Waals surface area (Å²) in [6.07, 6.45) is 6.35. The molecule has 1 aromatic heterocycles. The van der Waals surface area contributed by atoms with E-state index in [2.05, 4.69) is 22.2 Å². The highest BCUT2D eigenvalue weighted by molar-refractivity contribution is 6.32. The van der Waals surface area contributed by atoms with Gasteiger partial charge in [0.15, 0.2) is 0 Å². The van der Waals surface area contributed by atoms with E-state index in [1.807, 2.05) is 0 Å². The number of fused-ring (bicyclic) bond motifs is 2. The molecule has 2 aliphatic heterocycles. The average molecular weight is 309 g/mol. The Morgan fingerprint density at radius 3 is 2.81 bits per heavy atom. The van der Waals surface area contributed by atoms with Crippen LogP contribution >= 0.6 is 11.6 Å². The van der Waals surface area contributed by atoms with Crippen LogP contribution in [0.2, 0.25) is 5.15 Å². The third-order valence-corrected chi connectivity index (χ3v) is 5.15. The Morgan fingerprint density at radius 2 is 2.14 bits per heavy atom. The maximum atomic E-state index is 12.2. The quantitative estimate of drug-likeness (QED) is 0.837. The molecule has 0 radical (unpaired) electrons. The van der Waals surface area contributed by atoms with Crippen molar-refractivity contribution < 1.29 is 4.79 Å². The molecule has 3 rings (SSSR count). The highest BCUT2D eigenvalue weighted by atomic mass is 35.5. The van der Waals surface area contributed by atoms with Gasteiger partial charge in [0.25, 0.3) is 5.91 Å². The standard InChI is InChI=1S/C15H21ClN4O/c1-20-11-2-3-12(20)5-9(4-11)7-19-15(21)13-6-10(17)8-18-14(13)16/h6,8-9,11-12H,2-5,7,17H2,1H3,(H,19,21). The normalized spacial score (nSPS) is 28.6. The number of halogens is 1. The molecule has 0 aromatic carbocycles. The molecule has 1 aromatic rings. The molecule has 5 nitrogen and oxygen atoms in total. The predicted octanol–water partition coefficient (Wildman–Crippen LogP) is 1.92. The maximum absolute atomic E-state index is 12.2. The second-order valence-corrected chi connectivity index (χ2v) is 6.56. The molecule has 2 bridgehead atoms. The number of carbonyl (C=O) groups is 1. The summed E-state index contributed by atoms with van der Waals surface area (Å²) in [7, 11) is 2.22. The highest BCUT2D eigenvalue weighted by Crippen LogP contribution is 2.37. The summed E-state index contributed by atoms with van der Waals surface area (Å²) in [5.41, 5.74) is 6.46. The lowest BCUT2D eigenvalue weighted by molar-refractivity contribution is 0.0917. The van der Waals surface area contributed by atoms with Crippen molar-refractivity contribution >= 4 is 23.2 Å². The number of nitrogen functional groups attached to an aromatic ring is 1. The van der Waals surface area contributed by atoms with Crippen LogP contribution in [-0.4, -0.2) is 41.5 Å². The minimum absolute atomic E-state index is 0.189. The number of carbonyl (C=O) groups excluding carboxylic acids is 1. The fraction of sp³-hybridized carbons (Fsp3) is 0.600. The van der Waals surface area contributed by atoms with Gasteiger partial charge in [0.1, 0.15) is 5.15 Å². The van der Waals surface area contributed by atoms with Crippen LogP contribution in [0.3, 0.4) is 0 Å². The highest BCUT2D eigenvalue weighted by Gasteiger charge is 2.38. The monoisotopic (exact) mass is 308 g/mol. The van der Waals surface area contributed by atoms with Crippen LogP contribution < -0.4 is 11.1 Å². The number of hydrogen-bond acceptors (Lipinski definition) is 4. The van der Waals surface area contributed by atoms with Crippen molar-refractivity contribution in [3.63, 3.8) is 0 Å². The number of pyridine rings is 1. The van der Waals surface area contributed by atoms with Crippen LogP contribution in [0.25, 0.3) is 0 Å². The Morgan fingerprint density at radius 1 is 1.48 bits per heavy atom. The van der Waals surface area contributed by atoms with Gasteiger partial charge >= 0.3 is 0 Å². The lowest BCUT2D eigenvalue weighted by atomic mass is 9.91. The summed E-state index contributed by atoms with van der Waals surface area (Å²) in [4.78, 5) is 18.6. The van der Waals surface area contributed by atoms with E-state index in [1.54, 1.807) is 6.07 Å². The molecule has 1 amide bonds. The van der Waals surface area contributed by atoms with Crippen molar-refractivity contribution in [2.75, 3.05) is 19.3 Å². The molecule has 3 N–H and O–H groups in total. The van der Waals surface area contributed by atoms with Gasteiger partial charge in [-0.2, -0.15) is 0 Å². The smallest absolute Gasteiger partial charge is 0.254 e. The van der Waals surface area contributed by atoms with Gasteiger partial charge in [-0.15, -0.1) is 0 Å². The summed E-state index contributed by atoms with van der Waals surface area (Å²) in [5, 5.41) is 3.18. The van der Waals surface area contributed by atoms with E-state index in [4.69, 9.17) is 17.3 Å². The van der Waals surface area contributed by atoms with Gasteiger partial charge in [-0.3, -0.25) is 4.79 Å². The van der Waals surface area contributed by atoms with E-state index in [1.165, 1.54) is 19.0 Å². The Kier molecular flexibility index (Phi) is 4.04. The second-order valence-electron chi connectivity index (χ2n) is 6.20. The minimum atomic E-state index is -0.189. The van der Waals surface area contributed by atoms with E-state index >= 15 is 0 Å². The zero-order chi connectivity index (χ0) is 15.0. The zero-order valence-electron chi connectivity index (χ0n) is 12.2. The van der Waals surface area contributed by atoms with E-state index < -0.39 is 0 Å². The average Bonchev–Trinajstić information content (AvgIpc) is 2.69. The second kappa shape index (κ2) is 5.81. The number of aromatic nitrogens is 1.